The van der Waals surface area contributed by atoms with Crippen LogP contribution >= 0.6 is 0 Å². The van der Waals surface area contributed by atoms with Crippen molar-refractivity contribution in [1.82, 2.24) is 20.0 Å². The van der Waals surface area contributed by atoms with Gasteiger partial charge in [0.1, 0.15) is 12.4 Å². The van der Waals surface area contributed by atoms with Crippen molar-refractivity contribution in [3.05, 3.63) is 36.3 Å². The van der Waals surface area contributed by atoms with Crippen LogP contribution in [0.4, 0.5) is 5.82 Å². The number of amides is 1. The van der Waals surface area contributed by atoms with E-state index in [1.165, 1.54) is 10.9 Å². The molecular formula is C13H13N5O2. The van der Waals surface area contributed by atoms with E-state index in [0.29, 0.717) is 12.2 Å². The molecule has 2 aromatic rings. The predicted octanol–water partition coefficient (Wildman–Crippen LogP) is 0.0457. The van der Waals surface area contributed by atoms with Gasteiger partial charge in [0.25, 0.3) is 0 Å². The number of carbonyl (C=O) groups excluding carboxylic acids is 1. The molecule has 0 radical (unpaired) electrons. The molecule has 2 aromatic heterocycles. The summed E-state index contributed by atoms with van der Waals surface area (Å²) in [4.78, 5) is 15.8. The van der Waals surface area contributed by atoms with Crippen LogP contribution in [0.2, 0.25) is 0 Å². The van der Waals surface area contributed by atoms with Crippen LogP contribution in [0, 0.1) is 11.8 Å². The minimum atomic E-state index is -0.247. The number of nitrogens with zero attached hydrogens (tertiary/aromatic N) is 4. The number of aromatic nitrogens is 4. The highest BCUT2D eigenvalue weighted by atomic mass is 16.2. The van der Waals surface area contributed by atoms with Gasteiger partial charge in [0.15, 0.2) is 0 Å². The first-order valence-electron chi connectivity index (χ1n) is 5.97. The van der Waals surface area contributed by atoms with Crippen molar-refractivity contribution in [1.29, 1.82) is 0 Å². The number of carbonyl (C=O) groups is 1. The summed E-state index contributed by atoms with van der Waals surface area (Å²) in [6, 6.07) is 3.40. The maximum Gasteiger partial charge on any atom is 0.247 e. The number of aliphatic hydroxyl groups is 1. The molecule has 0 bridgehead atoms. The quantitative estimate of drug-likeness (QED) is 0.766. The van der Waals surface area contributed by atoms with E-state index in [9.17, 15) is 4.79 Å². The molecule has 0 saturated carbocycles. The third kappa shape index (κ3) is 4.19. The van der Waals surface area contributed by atoms with Gasteiger partial charge in [-0.15, -0.1) is 5.10 Å². The van der Waals surface area contributed by atoms with E-state index < -0.39 is 0 Å². The standard InChI is InChI=1S/C13H13N5O2/c19-8-2-1-3-11-4-5-14-12(9-11)16-13(20)10-18-7-6-15-17-18/h4-7,9,19H,2,8,10H2,(H,14,16,20). The molecule has 20 heavy (non-hydrogen) atoms. The molecule has 0 aliphatic heterocycles. The van der Waals surface area contributed by atoms with Gasteiger partial charge in [0.2, 0.25) is 5.91 Å². The van der Waals surface area contributed by atoms with Gasteiger partial charge in [-0.3, -0.25) is 4.79 Å². The van der Waals surface area contributed by atoms with E-state index in [0.717, 1.165) is 5.56 Å². The number of anilines is 1. The van der Waals surface area contributed by atoms with Gasteiger partial charge in [-0.2, -0.15) is 0 Å². The van der Waals surface area contributed by atoms with Crippen molar-refractivity contribution in [2.75, 3.05) is 11.9 Å². The maximum atomic E-state index is 11.7. The molecule has 0 atom stereocenters. The Morgan fingerprint density at radius 3 is 3.10 bits per heavy atom. The summed E-state index contributed by atoms with van der Waals surface area (Å²) in [6.07, 6.45) is 5.08. The largest absolute Gasteiger partial charge is 0.395 e. The Kier molecular flexibility index (Phi) is 4.81. The number of hydrogen-bond donors (Lipinski definition) is 2. The van der Waals surface area contributed by atoms with E-state index in [1.54, 1.807) is 24.5 Å². The zero-order valence-electron chi connectivity index (χ0n) is 10.7. The maximum absolute atomic E-state index is 11.7. The van der Waals surface area contributed by atoms with Gasteiger partial charge in [-0.05, 0) is 12.1 Å². The Morgan fingerprint density at radius 1 is 1.45 bits per heavy atom. The minimum Gasteiger partial charge on any atom is -0.395 e. The van der Waals surface area contributed by atoms with Gasteiger partial charge in [-0.1, -0.05) is 17.1 Å². The monoisotopic (exact) mass is 271 g/mol. The molecule has 1 amide bonds. The molecule has 0 aliphatic carbocycles. The fourth-order valence-electron chi connectivity index (χ4n) is 1.44. The van der Waals surface area contributed by atoms with Crippen LogP contribution in [0.1, 0.15) is 12.0 Å². The molecule has 0 aliphatic rings. The van der Waals surface area contributed by atoms with Crippen LogP contribution in [0.15, 0.2) is 30.7 Å². The summed E-state index contributed by atoms with van der Waals surface area (Å²) in [5, 5.41) is 18.6. The van der Waals surface area contributed by atoms with Crippen molar-refractivity contribution in [2.45, 2.75) is 13.0 Å². The molecule has 0 fully saturated rings. The van der Waals surface area contributed by atoms with E-state index in [-0.39, 0.29) is 19.1 Å². The normalized spacial score (nSPS) is 9.65. The highest BCUT2D eigenvalue weighted by Crippen LogP contribution is 2.05. The molecule has 0 unspecified atom stereocenters. The molecule has 102 valence electrons. The zero-order chi connectivity index (χ0) is 14.2. The Morgan fingerprint density at radius 2 is 2.35 bits per heavy atom. The summed E-state index contributed by atoms with van der Waals surface area (Å²) in [6.45, 7) is 0.0989. The van der Waals surface area contributed by atoms with Gasteiger partial charge < -0.3 is 10.4 Å². The van der Waals surface area contributed by atoms with Gasteiger partial charge in [0.05, 0.1) is 12.8 Å². The van der Waals surface area contributed by atoms with Crippen molar-refractivity contribution in [2.24, 2.45) is 0 Å². The van der Waals surface area contributed by atoms with Gasteiger partial charge >= 0.3 is 0 Å². The lowest BCUT2D eigenvalue weighted by Crippen LogP contribution is -2.19. The number of pyridine rings is 1. The number of nitrogens with one attached hydrogen (secondary N) is 1. The summed E-state index contributed by atoms with van der Waals surface area (Å²) < 4.78 is 1.42. The highest BCUT2D eigenvalue weighted by molar-refractivity contribution is 5.89. The van der Waals surface area contributed by atoms with Crippen molar-refractivity contribution >= 4 is 11.7 Å². The van der Waals surface area contributed by atoms with Crippen LogP contribution in [-0.4, -0.2) is 37.6 Å². The highest BCUT2D eigenvalue weighted by Gasteiger charge is 2.05. The third-order valence-electron chi connectivity index (χ3n) is 2.27. The molecule has 0 spiro atoms. The van der Waals surface area contributed by atoms with E-state index in [2.05, 4.69) is 32.5 Å². The number of aliphatic hydroxyl groups excluding tert-OH is 1. The van der Waals surface area contributed by atoms with Crippen LogP contribution in [-0.2, 0) is 11.3 Å². The molecule has 2 heterocycles. The van der Waals surface area contributed by atoms with E-state index in [4.69, 9.17) is 5.11 Å². The Bertz CT molecular complexity index is 628. The molecule has 2 N–H and O–H groups in total. The SMILES string of the molecule is O=C(Cn1ccnn1)Nc1cc(C#CCCO)ccn1. The smallest absolute Gasteiger partial charge is 0.247 e. The first kappa shape index (κ1) is 13.7. The molecular weight excluding hydrogens is 258 g/mol. The first-order chi connectivity index (χ1) is 9.78. The average molecular weight is 271 g/mol. The second-order valence-electron chi connectivity index (χ2n) is 3.85. The van der Waals surface area contributed by atoms with Crippen molar-refractivity contribution < 1.29 is 9.90 Å². The number of rotatable bonds is 4. The van der Waals surface area contributed by atoms with Crippen LogP contribution in [0.25, 0.3) is 0 Å². The fraction of sp³-hybridized carbons (Fsp3) is 0.231. The minimum absolute atomic E-state index is 0.0274. The van der Waals surface area contributed by atoms with Crippen LogP contribution in [0.3, 0.4) is 0 Å². The lowest BCUT2D eigenvalue weighted by molar-refractivity contribution is -0.116. The van der Waals surface area contributed by atoms with Gasteiger partial charge in [-0.25, -0.2) is 9.67 Å². The second kappa shape index (κ2) is 7.01. The fourth-order valence-corrected chi connectivity index (χ4v) is 1.44. The topological polar surface area (TPSA) is 92.9 Å². The summed E-state index contributed by atoms with van der Waals surface area (Å²) in [5.74, 6) is 5.86. The molecule has 7 nitrogen and oxygen atoms in total. The lowest BCUT2D eigenvalue weighted by Gasteiger charge is -2.04. The van der Waals surface area contributed by atoms with Crippen LogP contribution < -0.4 is 5.32 Å². The molecule has 0 aromatic carbocycles. The Hall–Kier alpha value is -2.72. The van der Waals surface area contributed by atoms with E-state index in [1.807, 2.05) is 0 Å². The van der Waals surface area contributed by atoms with E-state index >= 15 is 0 Å². The van der Waals surface area contributed by atoms with Crippen LogP contribution in [0.5, 0.6) is 0 Å². The van der Waals surface area contributed by atoms with Crippen molar-refractivity contribution in [3.63, 3.8) is 0 Å². The third-order valence-corrected chi connectivity index (χ3v) is 2.27. The predicted molar refractivity (Wildman–Crippen MR) is 71.5 cm³/mol. The summed E-state index contributed by atoms with van der Waals surface area (Å²) >= 11 is 0. The Balaban J connectivity index is 1.97. The van der Waals surface area contributed by atoms with Crippen molar-refractivity contribution in [3.8, 4) is 11.8 Å². The molecule has 7 heteroatoms. The summed E-state index contributed by atoms with van der Waals surface area (Å²) in [7, 11) is 0. The zero-order valence-corrected chi connectivity index (χ0v) is 10.7. The molecule has 2 rings (SSSR count). The summed E-state index contributed by atoms with van der Waals surface area (Å²) in [5.41, 5.74) is 0.726. The number of hydrogen-bond acceptors (Lipinski definition) is 5. The van der Waals surface area contributed by atoms with Gasteiger partial charge in [0, 0.05) is 24.4 Å². The average Bonchev–Trinajstić information content (AvgIpc) is 2.92. The first-order valence-corrected chi connectivity index (χ1v) is 5.97. The lowest BCUT2D eigenvalue weighted by atomic mass is 10.2. The second-order valence-corrected chi connectivity index (χ2v) is 3.85. The molecule has 0 saturated heterocycles. The Labute approximate surface area is 115 Å².